The van der Waals surface area contributed by atoms with E-state index in [4.69, 9.17) is 11.6 Å². The van der Waals surface area contributed by atoms with Gasteiger partial charge in [0.1, 0.15) is 4.34 Å². The Morgan fingerprint density at radius 2 is 1.75 bits per heavy atom. The Balaban J connectivity index is 1.79. The van der Waals surface area contributed by atoms with E-state index < -0.39 is 0 Å². The summed E-state index contributed by atoms with van der Waals surface area (Å²) in [6.45, 7) is 0.776. The van der Waals surface area contributed by atoms with Gasteiger partial charge in [-0.3, -0.25) is 0 Å². The molecule has 0 radical (unpaired) electrons. The van der Waals surface area contributed by atoms with E-state index in [9.17, 15) is 0 Å². The minimum Gasteiger partial charge on any atom is -0.380 e. The maximum Gasteiger partial charge on any atom is 0.107 e. The van der Waals surface area contributed by atoms with Gasteiger partial charge in [-0.25, -0.2) is 0 Å². The van der Waals surface area contributed by atoms with Crippen molar-refractivity contribution in [3.8, 4) is 0 Å². The quantitative estimate of drug-likeness (QED) is 0.487. The SMILES string of the molecule is Clc1sc(CNc2ccc3cc(Br)ccc3c2)cc1Br. The van der Waals surface area contributed by atoms with E-state index >= 15 is 0 Å². The smallest absolute Gasteiger partial charge is 0.107 e. The van der Waals surface area contributed by atoms with Crippen LogP contribution in [0.25, 0.3) is 10.8 Å². The summed E-state index contributed by atoms with van der Waals surface area (Å²) in [6, 6.07) is 14.7. The average molecular weight is 432 g/mol. The molecule has 0 fully saturated rings. The molecule has 20 heavy (non-hydrogen) atoms. The Labute approximate surface area is 143 Å². The van der Waals surface area contributed by atoms with E-state index in [1.807, 2.05) is 0 Å². The van der Waals surface area contributed by atoms with E-state index in [1.54, 1.807) is 11.3 Å². The fraction of sp³-hybridized carbons (Fsp3) is 0.0667. The maximum absolute atomic E-state index is 6.04. The van der Waals surface area contributed by atoms with Crippen LogP contribution in [0.3, 0.4) is 0 Å². The van der Waals surface area contributed by atoms with E-state index in [0.29, 0.717) is 0 Å². The average Bonchev–Trinajstić information content (AvgIpc) is 2.75. The van der Waals surface area contributed by atoms with Gasteiger partial charge < -0.3 is 5.32 Å². The summed E-state index contributed by atoms with van der Waals surface area (Å²) in [4.78, 5) is 1.21. The molecule has 0 unspecified atom stereocenters. The Morgan fingerprint density at radius 1 is 1.00 bits per heavy atom. The van der Waals surface area contributed by atoms with Crippen molar-refractivity contribution in [2.75, 3.05) is 5.32 Å². The third-order valence-electron chi connectivity index (χ3n) is 2.97. The van der Waals surface area contributed by atoms with Gasteiger partial charge in [0.25, 0.3) is 0 Å². The monoisotopic (exact) mass is 429 g/mol. The normalized spacial score (nSPS) is 10.9. The molecule has 3 rings (SSSR count). The summed E-state index contributed by atoms with van der Waals surface area (Å²) in [5, 5.41) is 5.88. The molecule has 0 saturated carbocycles. The van der Waals surface area contributed by atoms with Crippen LogP contribution in [0.4, 0.5) is 5.69 Å². The number of rotatable bonds is 3. The zero-order chi connectivity index (χ0) is 14.1. The van der Waals surface area contributed by atoms with Gasteiger partial charge in [-0.2, -0.15) is 0 Å². The first kappa shape index (κ1) is 14.4. The van der Waals surface area contributed by atoms with Gasteiger partial charge in [0.15, 0.2) is 0 Å². The van der Waals surface area contributed by atoms with Crippen molar-refractivity contribution >= 4 is 71.3 Å². The summed E-state index contributed by atoms with van der Waals surface area (Å²) < 4.78 is 2.86. The molecule has 1 nitrogen and oxygen atoms in total. The highest BCUT2D eigenvalue weighted by Crippen LogP contribution is 2.32. The van der Waals surface area contributed by atoms with Crippen molar-refractivity contribution < 1.29 is 0 Å². The zero-order valence-electron chi connectivity index (χ0n) is 10.3. The molecule has 1 N–H and O–H groups in total. The molecule has 5 heteroatoms. The second kappa shape index (κ2) is 6.06. The van der Waals surface area contributed by atoms with Crippen LogP contribution in [-0.2, 0) is 6.54 Å². The number of benzene rings is 2. The minimum atomic E-state index is 0.776. The van der Waals surface area contributed by atoms with E-state index in [-0.39, 0.29) is 0 Å². The Kier molecular flexibility index (Phi) is 4.36. The molecule has 0 saturated heterocycles. The number of halogens is 3. The van der Waals surface area contributed by atoms with Crippen LogP contribution in [-0.4, -0.2) is 0 Å². The highest BCUT2D eigenvalue weighted by molar-refractivity contribution is 9.10. The van der Waals surface area contributed by atoms with Gasteiger partial charge in [0, 0.05) is 26.1 Å². The molecule has 1 heterocycles. The summed E-state index contributed by atoms with van der Waals surface area (Å²) >= 11 is 14.6. The molecule has 0 bridgehead atoms. The standard InChI is InChI=1S/C15H10Br2ClNS/c16-11-3-1-10-6-12(4-2-9(10)5-11)19-8-13-7-14(17)15(18)20-13/h1-7,19H,8H2. The van der Waals surface area contributed by atoms with Gasteiger partial charge in [0.05, 0.1) is 0 Å². The lowest BCUT2D eigenvalue weighted by atomic mass is 10.1. The molecule has 0 aliphatic heterocycles. The number of fused-ring (bicyclic) bond motifs is 1. The highest BCUT2D eigenvalue weighted by atomic mass is 79.9. The van der Waals surface area contributed by atoms with Crippen LogP contribution in [0.5, 0.6) is 0 Å². The van der Waals surface area contributed by atoms with Crippen molar-refractivity contribution in [3.05, 3.63) is 60.6 Å². The predicted octanol–water partition coefficient (Wildman–Crippen LogP) is 6.69. The van der Waals surface area contributed by atoms with Gasteiger partial charge in [0.2, 0.25) is 0 Å². The first-order chi connectivity index (χ1) is 9.61. The molecule has 0 aliphatic rings. The molecule has 0 aliphatic carbocycles. The molecule has 0 amide bonds. The third-order valence-corrected chi connectivity index (χ3v) is 5.93. The van der Waals surface area contributed by atoms with Crippen LogP contribution in [0.1, 0.15) is 4.88 Å². The van der Waals surface area contributed by atoms with Gasteiger partial charge >= 0.3 is 0 Å². The summed E-state index contributed by atoms with van der Waals surface area (Å²) in [5.74, 6) is 0. The summed E-state index contributed by atoms with van der Waals surface area (Å²) in [7, 11) is 0. The lowest BCUT2D eigenvalue weighted by Gasteiger charge is -2.06. The molecule has 0 atom stereocenters. The first-order valence-electron chi connectivity index (χ1n) is 5.99. The van der Waals surface area contributed by atoms with Crippen molar-refractivity contribution in [2.45, 2.75) is 6.54 Å². The molecular weight excluding hydrogens is 422 g/mol. The highest BCUT2D eigenvalue weighted by Gasteiger charge is 2.04. The Bertz CT molecular complexity index is 750. The second-order valence-corrected chi connectivity index (χ2v) is 7.90. The molecule has 102 valence electrons. The molecule has 1 aromatic heterocycles. The van der Waals surface area contributed by atoms with E-state index in [1.165, 1.54) is 15.6 Å². The van der Waals surface area contributed by atoms with Gasteiger partial charge in [-0.15, -0.1) is 11.3 Å². The predicted molar refractivity (Wildman–Crippen MR) is 96.0 cm³/mol. The number of hydrogen-bond acceptors (Lipinski definition) is 2. The van der Waals surface area contributed by atoms with Gasteiger partial charge in [-0.05, 0) is 57.0 Å². The fourth-order valence-electron chi connectivity index (χ4n) is 1.99. The van der Waals surface area contributed by atoms with Crippen LogP contribution in [0.2, 0.25) is 4.34 Å². The molecular formula is C15H10Br2ClNS. The van der Waals surface area contributed by atoms with E-state index in [0.717, 1.165) is 25.5 Å². The fourth-order valence-corrected chi connectivity index (χ4v) is 4.10. The second-order valence-electron chi connectivity index (χ2n) is 4.39. The molecule has 2 aromatic carbocycles. The zero-order valence-corrected chi connectivity index (χ0v) is 15.0. The number of anilines is 1. The van der Waals surface area contributed by atoms with Crippen molar-refractivity contribution in [3.63, 3.8) is 0 Å². The van der Waals surface area contributed by atoms with Crippen molar-refractivity contribution in [1.82, 2.24) is 0 Å². The molecule has 3 aromatic rings. The topological polar surface area (TPSA) is 12.0 Å². The lowest BCUT2D eigenvalue weighted by Crippen LogP contribution is -1.96. The number of nitrogens with one attached hydrogen (secondary N) is 1. The maximum atomic E-state index is 6.04. The van der Waals surface area contributed by atoms with Crippen LogP contribution >= 0.6 is 54.8 Å². The van der Waals surface area contributed by atoms with Crippen LogP contribution < -0.4 is 5.32 Å². The lowest BCUT2D eigenvalue weighted by molar-refractivity contribution is 1.19. The largest absolute Gasteiger partial charge is 0.380 e. The van der Waals surface area contributed by atoms with Crippen LogP contribution in [0, 0.1) is 0 Å². The Morgan fingerprint density at radius 3 is 2.50 bits per heavy atom. The summed E-state index contributed by atoms with van der Waals surface area (Å²) in [5.41, 5.74) is 1.11. The van der Waals surface area contributed by atoms with Crippen molar-refractivity contribution in [2.24, 2.45) is 0 Å². The Hall–Kier alpha value is -0.550. The minimum absolute atomic E-state index is 0.776. The van der Waals surface area contributed by atoms with Crippen LogP contribution in [0.15, 0.2) is 51.4 Å². The van der Waals surface area contributed by atoms with Gasteiger partial charge in [-0.1, -0.05) is 39.7 Å². The summed E-state index contributed by atoms with van der Waals surface area (Å²) in [6.07, 6.45) is 0. The first-order valence-corrected chi connectivity index (χ1v) is 8.77. The molecule has 0 spiro atoms. The van der Waals surface area contributed by atoms with E-state index in [2.05, 4.69) is 79.6 Å². The number of hydrogen-bond donors (Lipinski definition) is 1. The number of thiophene rings is 1. The third kappa shape index (κ3) is 3.19. The van der Waals surface area contributed by atoms with Crippen molar-refractivity contribution in [1.29, 1.82) is 0 Å².